The molecule has 3 aromatic heterocycles. The van der Waals surface area contributed by atoms with Crippen molar-refractivity contribution in [3.8, 4) is 17.0 Å². The Morgan fingerprint density at radius 3 is 2.58 bits per heavy atom. The molecule has 3 heterocycles. The molecule has 0 fully saturated rings. The topological polar surface area (TPSA) is 98.8 Å². The van der Waals surface area contributed by atoms with Gasteiger partial charge in [-0.25, -0.2) is 19.3 Å². The van der Waals surface area contributed by atoms with Gasteiger partial charge in [0.05, 0.1) is 17.0 Å². The van der Waals surface area contributed by atoms with E-state index in [1.165, 1.54) is 37.4 Å². The summed E-state index contributed by atoms with van der Waals surface area (Å²) in [6, 6.07) is 8.17. The quantitative estimate of drug-likeness (QED) is 0.372. The predicted molar refractivity (Wildman–Crippen MR) is 124 cm³/mol. The van der Waals surface area contributed by atoms with E-state index in [9.17, 15) is 4.39 Å². The Balaban J connectivity index is 0.00000132. The third kappa shape index (κ3) is 5.50. The number of rotatable bonds is 5. The number of hydrogen-bond acceptors (Lipinski definition) is 8. The van der Waals surface area contributed by atoms with E-state index in [1.807, 2.05) is 26.0 Å². The minimum absolute atomic E-state index is 0.151. The zero-order chi connectivity index (χ0) is 22.4. The summed E-state index contributed by atoms with van der Waals surface area (Å²) < 4.78 is 22.6. The van der Waals surface area contributed by atoms with E-state index in [0.29, 0.717) is 38.1 Å². The van der Waals surface area contributed by atoms with Gasteiger partial charge < -0.3 is 15.2 Å². The van der Waals surface area contributed by atoms with Gasteiger partial charge in [0.2, 0.25) is 11.8 Å². The lowest BCUT2D eigenvalue weighted by Gasteiger charge is -2.11. The van der Waals surface area contributed by atoms with Crippen LogP contribution < -0.4 is 15.2 Å². The van der Waals surface area contributed by atoms with Crippen molar-refractivity contribution >= 4 is 46.2 Å². The van der Waals surface area contributed by atoms with E-state index in [4.69, 9.17) is 22.1 Å². The molecule has 0 saturated carbocycles. The highest BCUT2D eigenvalue weighted by Crippen LogP contribution is 2.32. The minimum Gasteiger partial charge on any atom is -0.480 e. The first-order valence-electron chi connectivity index (χ1n) is 9.33. The van der Waals surface area contributed by atoms with Gasteiger partial charge in [0.1, 0.15) is 5.82 Å². The highest BCUT2D eigenvalue weighted by Gasteiger charge is 2.10. The molecule has 31 heavy (non-hydrogen) atoms. The van der Waals surface area contributed by atoms with Gasteiger partial charge in [0.15, 0.2) is 5.65 Å². The number of pyridine rings is 2. The average Bonchev–Trinajstić information content (AvgIpc) is 2.78. The van der Waals surface area contributed by atoms with E-state index in [-0.39, 0.29) is 5.95 Å². The van der Waals surface area contributed by atoms with Crippen molar-refractivity contribution in [1.29, 1.82) is 0 Å². The highest BCUT2D eigenvalue weighted by atomic mass is 35.5. The zero-order valence-corrected chi connectivity index (χ0v) is 18.6. The van der Waals surface area contributed by atoms with Crippen molar-refractivity contribution in [3.05, 3.63) is 59.8 Å². The first kappa shape index (κ1) is 22.5. The van der Waals surface area contributed by atoms with Crippen molar-refractivity contribution in [2.75, 3.05) is 17.6 Å². The second-order valence-corrected chi connectivity index (χ2v) is 7.24. The third-order valence-corrected chi connectivity index (χ3v) is 5.00. The Kier molecular flexibility index (Phi) is 7.43. The molecule has 0 aliphatic rings. The first-order valence-corrected chi connectivity index (χ1v) is 10.5. The number of aromatic nitrogens is 4. The maximum Gasteiger partial charge on any atom is 0.228 e. The summed E-state index contributed by atoms with van der Waals surface area (Å²) in [6.07, 6.45) is 4.69. The first-order chi connectivity index (χ1) is 15.0. The number of nitrogen functional groups attached to an aromatic ring is 1. The molecule has 0 spiro atoms. The highest BCUT2D eigenvalue weighted by molar-refractivity contribution is 8.00. The fourth-order valence-electron chi connectivity index (χ4n) is 2.66. The summed E-state index contributed by atoms with van der Waals surface area (Å²) in [6.45, 7) is 4.00. The van der Waals surface area contributed by atoms with Gasteiger partial charge in [-0.3, -0.25) is 0 Å². The molecule has 0 atom stereocenters. The summed E-state index contributed by atoms with van der Waals surface area (Å²) in [5.74, 6) is 0.176. The molecule has 0 saturated heterocycles. The van der Waals surface area contributed by atoms with Crippen molar-refractivity contribution in [3.63, 3.8) is 0 Å². The summed E-state index contributed by atoms with van der Waals surface area (Å²) in [7, 11) is 1.52. The van der Waals surface area contributed by atoms with Crippen LogP contribution in [0.25, 0.3) is 22.2 Å². The normalized spacial score (nSPS) is 10.4. The van der Waals surface area contributed by atoms with Crippen LogP contribution in [-0.4, -0.2) is 27.0 Å². The standard InChI is InChI=1S/C19H14ClFN6OS.C2H6/c1-28-18-16(5-13(20)9-24-18)29-27-15-4-10(3-14(21)6-15)11-2-12-8-25-19(22)26-17(12)23-7-11;1-2/h2-9,27H,1H3,(H2,22,23,25,26);1-2H3. The number of anilines is 2. The SMILES string of the molecule is CC.COc1ncc(Cl)cc1SNc1cc(F)cc(-c2cnc3nc(N)ncc3c2)c1. The molecule has 4 rings (SSSR count). The van der Waals surface area contributed by atoms with Crippen LogP contribution in [0.2, 0.25) is 5.02 Å². The van der Waals surface area contributed by atoms with Crippen molar-refractivity contribution in [2.45, 2.75) is 18.7 Å². The third-order valence-electron chi connectivity index (χ3n) is 3.94. The molecular formula is C21H20ClFN6OS. The van der Waals surface area contributed by atoms with Gasteiger partial charge in [-0.2, -0.15) is 4.98 Å². The molecule has 1 aromatic carbocycles. The minimum atomic E-state index is -0.393. The van der Waals surface area contributed by atoms with E-state index < -0.39 is 5.82 Å². The van der Waals surface area contributed by atoms with E-state index in [0.717, 1.165) is 5.56 Å². The molecule has 0 radical (unpaired) electrons. The van der Waals surface area contributed by atoms with Crippen LogP contribution in [0, 0.1) is 5.82 Å². The van der Waals surface area contributed by atoms with Crippen molar-refractivity contribution < 1.29 is 9.13 Å². The van der Waals surface area contributed by atoms with Crippen LogP contribution in [0.15, 0.2) is 53.8 Å². The van der Waals surface area contributed by atoms with Gasteiger partial charge in [-0.1, -0.05) is 25.4 Å². The summed E-state index contributed by atoms with van der Waals surface area (Å²) in [5, 5.41) is 1.18. The summed E-state index contributed by atoms with van der Waals surface area (Å²) >= 11 is 7.22. The predicted octanol–water partition coefficient (Wildman–Crippen LogP) is 5.62. The number of hydrogen-bond donors (Lipinski definition) is 2. The molecule has 0 aliphatic carbocycles. The van der Waals surface area contributed by atoms with E-state index in [2.05, 4.69) is 24.7 Å². The molecule has 0 bridgehead atoms. The number of benzene rings is 1. The van der Waals surface area contributed by atoms with Gasteiger partial charge >= 0.3 is 0 Å². The van der Waals surface area contributed by atoms with Crippen LogP contribution in [0.3, 0.4) is 0 Å². The lowest BCUT2D eigenvalue weighted by molar-refractivity contribution is 0.387. The molecule has 4 aromatic rings. The largest absolute Gasteiger partial charge is 0.480 e. The van der Waals surface area contributed by atoms with Crippen LogP contribution >= 0.6 is 23.5 Å². The summed E-state index contributed by atoms with van der Waals surface area (Å²) in [4.78, 5) is 17.1. The molecule has 0 amide bonds. The number of methoxy groups -OCH3 is 1. The second kappa shape index (κ2) is 10.2. The number of nitrogens with two attached hydrogens (primary N) is 1. The molecule has 3 N–H and O–H groups in total. The Labute approximate surface area is 188 Å². The zero-order valence-electron chi connectivity index (χ0n) is 17.1. The van der Waals surface area contributed by atoms with E-state index in [1.54, 1.807) is 18.5 Å². The Morgan fingerprint density at radius 1 is 1.00 bits per heavy atom. The van der Waals surface area contributed by atoms with Gasteiger partial charge in [-0.15, -0.1) is 0 Å². The van der Waals surface area contributed by atoms with Crippen LogP contribution in [0.1, 0.15) is 13.8 Å². The van der Waals surface area contributed by atoms with Crippen LogP contribution in [0.4, 0.5) is 16.0 Å². The average molecular weight is 459 g/mol. The Morgan fingerprint density at radius 2 is 1.81 bits per heavy atom. The fourth-order valence-corrected chi connectivity index (χ4v) is 3.64. The smallest absolute Gasteiger partial charge is 0.228 e. The molecule has 160 valence electrons. The van der Waals surface area contributed by atoms with Crippen LogP contribution in [-0.2, 0) is 0 Å². The molecule has 7 nitrogen and oxygen atoms in total. The Hall–Kier alpha value is -3.17. The lowest BCUT2D eigenvalue weighted by Crippen LogP contribution is -1.96. The number of nitrogens with zero attached hydrogens (tertiary/aromatic N) is 4. The van der Waals surface area contributed by atoms with Crippen LogP contribution in [0.5, 0.6) is 5.88 Å². The second-order valence-electron chi connectivity index (χ2n) is 5.96. The molecule has 0 aliphatic heterocycles. The maximum absolute atomic E-state index is 14.2. The number of halogens is 2. The lowest BCUT2D eigenvalue weighted by atomic mass is 10.1. The van der Waals surface area contributed by atoms with Gasteiger partial charge in [-0.05, 0) is 47.8 Å². The summed E-state index contributed by atoms with van der Waals surface area (Å²) in [5.41, 5.74) is 7.99. The molecular weight excluding hydrogens is 439 g/mol. The Bertz CT molecular complexity index is 1210. The maximum atomic E-state index is 14.2. The van der Waals surface area contributed by atoms with Crippen molar-refractivity contribution in [2.24, 2.45) is 0 Å². The number of ether oxygens (including phenoxy) is 1. The van der Waals surface area contributed by atoms with Crippen molar-refractivity contribution in [1.82, 2.24) is 19.9 Å². The van der Waals surface area contributed by atoms with Gasteiger partial charge in [0.25, 0.3) is 0 Å². The molecule has 0 unspecified atom stereocenters. The fraction of sp³-hybridized carbons (Fsp3) is 0.143. The van der Waals surface area contributed by atoms with Gasteiger partial charge in [0, 0.05) is 35.2 Å². The number of nitrogens with one attached hydrogen (secondary N) is 1. The number of fused-ring (bicyclic) bond motifs is 1. The monoisotopic (exact) mass is 458 g/mol. The van der Waals surface area contributed by atoms with E-state index >= 15 is 0 Å². The molecule has 10 heteroatoms.